The van der Waals surface area contributed by atoms with Crippen LogP contribution in [0.3, 0.4) is 0 Å². The third-order valence-corrected chi connectivity index (χ3v) is 2.21. The molecule has 0 saturated heterocycles. The Morgan fingerprint density at radius 3 is 2.56 bits per heavy atom. The summed E-state index contributed by atoms with van der Waals surface area (Å²) in [4.78, 5) is 13.2. The number of nitrogens with zero attached hydrogens (tertiary/aromatic N) is 2. The highest BCUT2D eigenvalue weighted by molar-refractivity contribution is 5.88. The first-order chi connectivity index (χ1) is 8.24. The number of anilines is 2. The van der Waals surface area contributed by atoms with Crippen LogP contribution in [0.1, 0.15) is 26.3 Å². The van der Waals surface area contributed by atoms with E-state index in [2.05, 4.69) is 0 Å². The van der Waals surface area contributed by atoms with Crippen molar-refractivity contribution in [2.75, 3.05) is 17.7 Å². The zero-order valence-electron chi connectivity index (χ0n) is 11.0. The molecule has 0 aromatic heterocycles. The lowest BCUT2D eigenvalue weighted by Crippen LogP contribution is -2.34. The number of benzene rings is 1. The first-order valence-electron chi connectivity index (χ1n) is 5.51. The predicted octanol–water partition coefficient (Wildman–Crippen LogP) is 2.51. The van der Waals surface area contributed by atoms with Gasteiger partial charge in [-0.1, -0.05) is 0 Å². The lowest BCUT2D eigenvalue weighted by molar-refractivity contribution is 0.0589. The Kier molecular flexibility index (Phi) is 3.82. The van der Waals surface area contributed by atoms with E-state index in [9.17, 15) is 4.79 Å². The molecule has 0 aliphatic carbocycles. The Labute approximate surface area is 107 Å². The van der Waals surface area contributed by atoms with E-state index in [4.69, 9.17) is 15.7 Å². The molecule has 5 heteroatoms. The van der Waals surface area contributed by atoms with Gasteiger partial charge in [0.15, 0.2) is 0 Å². The number of nitrogens with two attached hydrogens (primary N) is 1. The van der Waals surface area contributed by atoms with Crippen LogP contribution in [-0.4, -0.2) is 18.7 Å². The first kappa shape index (κ1) is 13.8. The quantitative estimate of drug-likeness (QED) is 0.773. The number of rotatable bonds is 1. The highest BCUT2D eigenvalue weighted by atomic mass is 16.6. The maximum Gasteiger partial charge on any atom is 0.414 e. The van der Waals surface area contributed by atoms with Gasteiger partial charge in [-0.15, -0.1) is 0 Å². The van der Waals surface area contributed by atoms with Gasteiger partial charge in [0.2, 0.25) is 0 Å². The van der Waals surface area contributed by atoms with Gasteiger partial charge in [-0.2, -0.15) is 5.26 Å². The predicted molar refractivity (Wildman–Crippen MR) is 70.2 cm³/mol. The SMILES string of the molecule is CN(C(=O)OC(C)(C)C)c1ccc(N)c(C#N)c1. The van der Waals surface area contributed by atoms with Gasteiger partial charge in [0.05, 0.1) is 5.56 Å². The monoisotopic (exact) mass is 247 g/mol. The summed E-state index contributed by atoms with van der Waals surface area (Å²) in [5.74, 6) is 0. The Balaban J connectivity index is 2.95. The van der Waals surface area contributed by atoms with Gasteiger partial charge in [0.1, 0.15) is 11.7 Å². The van der Waals surface area contributed by atoms with E-state index in [0.29, 0.717) is 16.9 Å². The van der Waals surface area contributed by atoms with E-state index in [0.717, 1.165) is 0 Å². The molecule has 1 aromatic carbocycles. The molecule has 96 valence electrons. The fraction of sp³-hybridized carbons (Fsp3) is 0.385. The van der Waals surface area contributed by atoms with Crippen LogP contribution in [-0.2, 0) is 4.74 Å². The van der Waals surface area contributed by atoms with Gasteiger partial charge in [0.25, 0.3) is 0 Å². The smallest absolute Gasteiger partial charge is 0.414 e. The highest BCUT2D eigenvalue weighted by Gasteiger charge is 2.20. The number of hydrogen-bond donors (Lipinski definition) is 1. The number of ether oxygens (including phenoxy) is 1. The Morgan fingerprint density at radius 1 is 1.44 bits per heavy atom. The van der Waals surface area contributed by atoms with E-state index in [1.54, 1.807) is 46.0 Å². The van der Waals surface area contributed by atoms with E-state index < -0.39 is 11.7 Å². The average molecular weight is 247 g/mol. The molecule has 0 heterocycles. The van der Waals surface area contributed by atoms with E-state index in [1.165, 1.54) is 4.90 Å². The van der Waals surface area contributed by atoms with Gasteiger partial charge in [0, 0.05) is 18.4 Å². The van der Waals surface area contributed by atoms with Crippen LogP contribution in [0.2, 0.25) is 0 Å². The van der Waals surface area contributed by atoms with Crippen LogP contribution in [0.4, 0.5) is 16.2 Å². The summed E-state index contributed by atoms with van der Waals surface area (Å²) in [6.45, 7) is 5.38. The summed E-state index contributed by atoms with van der Waals surface area (Å²) in [5.41, 5.74) is 6.35. The normalized spacial score (nSPS) is 10.6. The molecule has 0 atom stereocenters. The highest BCUT2D eigenvalue weighted by Crippen LogP contribution is 2.21. The second-order valence-corrected chi connectivity index (χ2v) is 4.92. The van der Waals surface area contributed by atoms with Crippen molar-refractivity contribution in [3.8, 4) is 6.07 Å². The molecule has 5 nitrogen and oxygen atoms in total. The lowest BCUT2D eigenvalue weighted by Gasteiger charge is -2.24. The first-order valence-corrected chi connectivity index (χ1v) is 5.51. The van der Waals surface area contributed by atoms with Gasteiger partial charge >= 0.3 is 6.09 Å². The van der Waals surface area contributed by atoms with Crippen LogP contribution in [0.25, 0.3) is 0 Å². The van der Waals surface area contributed by atoms with Crippen LogP contribution >= 0.6 is 0 Å². The summed E-state index contributed by atoms with van der Waals surface area (Å²) in [6.07, 6.45) is -0.476. The maximum absolute atomic E-state index is 11.8. The summed E-state index contributed by atoms with van der Waals surface area (Å²) >= 11 is 0. The fourth-order valence-corrected chi connectivity index (χ4v) is 1.29. The Morgan fingerprint density at radius 2 is 2.06 bits per heavy atom. The van der Waals surface area contributed by atoms with Crippen LogP contribution < -0.4 is 10.6 Å². The Hall–Kier alpha value is -2.22. The van der Waals surface area contributed by atoms with Crippen LogP contribution in [0.5, 0.6) is 0 Å². The van der Waals surface area contributed by atoms with E-state index in [1.807, 2.05) is 6.07 Å². The molecule has 2 N–H and O–H groups in total. The van der Waals surface area contributed by atoms with Gasteiger partial charge in [-0.25, -0.2) is 4.79 Å². The summed E-state index contributed by atoms with van der Waals surface area (Å²) in [6, 6.07) is 6.79. The molecule has 0 aliphatic heterocycles. The molecule has 0 spiro atoms. The zero-order chi connectivity index (χ0) is 13.9. The van der Waals surface area contributed by atoms with Gasteiger partial charge in [-0.3, -0.25) is 4.90 Å². The maximum atomic E-state index is 11.8. The summed E-state index contributed by atoms with van der Waals surface area (Å²) in [5, 5.41) is 8.89. The minimum absolute atomic E-state index is 0.336. The number of nitriles is 1. The summed E-state index contributed by atoms with van der Waals surface area (Å²) in [7, 11) is 1.58. The number of amides is 1. The largest absolute Gasteiger partial charge is 0.443 e. The molecule has 0 aliphatic rings. The van der Waals surface area contributed by atoms with Crippen molar-refractivity contribution in [2.24, 2.45) is 0 Å². The molecule has 1 amide bonds. The number of carbonyl (C=O) groups excluding carboxylic acids is 1. The van der Waals surface area contributed by atoms with Crippen molar-refractivity contribution < 1.29 is 9.53 Å². The van der Waals surface area contributed by atoms with Crippen molar-refractivity contribution >= 4 is 17.5 Å². The number of carbonyl (C=O) groups is 1. The molecule has 0 bridgehead atoms. The van der Waals surface area contributed by atoms with E-state index >= 15 is 0 Å². The average Bonchev–Trinajstić information content (AvgIpc) is 2.26. The third-order valence-electron chi connectivity index (χ3n) is 2.21. The minimum Gasteiger partial charge on any atom is -0.443 e. The molecule has 0 fully saturated rings. The van der Waals surface area contributed by atoms with Gasteiger partial charge in [-0.05, 0) is 39.0 Å². The minimum atomic E-state index is -0.558. The second-order valence-electron chi connectivity index (χ2n) is 4.92. The molecule has 0 unspecified atom stereocenters. The lowest BCUT2D eigenvalue weighted by atomic mass is 10.1. The number of nitrogen functional groups attached to an aromatic ring is 1. The zero-order valence-corrected chi connectivity index (χ0v) is 11.0. The third kappa shape index (κ3) is 3.39. The van der Waals surface area contributed by atoms with Gasteiger partial charge < -0.3 is 10.5 Å². The molecule has 0 radical (unpaired) electrons. The fourth-order valence-electron chi connectivity index (χ4n) is 1.29. The Bertz CT molecular complexity index is 498. The molecule has 1 rings (SSSR count). The van der Waals surface area contributed by atoms with Crippen molar-refractivity contribution in [3.05, 3.63) is 23.8 Å². The molecule has 18 heavy (non-hydrogen) atoms. The molecule has 1 aromatic rings. The topological polar surface area (TPSA) is 79.3 Å². The molecular weight excluding hydrogens is 230 g/mol. The second kappa shape index (κ2) is 4.96. The summed E-state index contributed by atoms with van der Waals surface area (Å²) < 4.78 is 5.23. The van der Waals surface area contributed by atoms with Crippen molar-refractivity contribution in [1.82, 2.24) is 0 Å². The van der Waals surface area contributed by atoms with Crippen molar-refractivity contribution in [2.45, 2.75) is 26.4 Å². The van der Waals surface area contributed by atoms with Crippen molar-refractivity contribution in [1.29, 1.82) is 5.26 Å². The molecule has 0 saturated carbocycles. The standard InChI is InChI=1S/C13H17N3O2/c1-13(2,3)18-12(17)16(4)10-5-6-11(15)9(7-10)8-14/h5-7H,15H2,1-4H3. The van der Waals surface area contributed by atoms with Crippen LogP contribution in [0.15, 0.2) is 18.2 Å². The van der Waals surface area contributed by atoms with E-state index in [-0.39, 0.29) is 0 Å². The van der Waals surface area contributed by atoms with Crippen molar-refractivity contribution in [3.63, 3.8) is 0 Å². The van der Waals surface area contributed by atoms with Crippen LogP contribution in [0, 0.1) is 11.3 Å². The molecular formula is C13H17N3O2. The number of hydrogen-bond acceptors (Lipinski definition) is 4.